The second kappa shape index (κ2) is 7.09. The van der Waals surface area contributed by atoms with Gasteiger partial charge in [0.05, 0.1) is 23.7 Å². The number of H-pyrrole nitrogens is 1. The number of rotatable bonds is 4. The Hall–Kier alpha value is -3.78. The highest BCUT2D eigenvalue weighted by Crippen LogP contribution is 2.26. The molecule has 0 saturated carbocycles. The number of nitriles is 1. The van der Waals surface area contributed by atoms with E-state index >= 15 is 0 Å². The zero-order chi connectivity index (χ0) is 19.7. The molecule has 0 aliphatic rings. The lowest BCUT2D eigenvalue weighted by atomic mass is 10.1. The summed E-state index contributed by atoms with van der Waals surface area (Å²) in [6.45, 7) is 4.11. The van der Waals surface area contributed by atoms with E-state index in [0.29, 0.717) is 11.4 Å². The fourth-order valence-corrected chi connectivity index (χ4v) is 3.45. The minimum atomic E-state index is 0.506. The van der Waals surface area contributed by atoms with Gasteiger partial charge >= 0.3 is 0 Å². The molecule has 138 valence electrons. The summed E-state index contributed by atoms with van der Waals surface area (Å²) in [7, 11) is 1.66. The van der Waals surface area contributed by atoms with Crippen LogP contribution in [-0.2, 0) is 0 Å². The van der Waals surface area contributed by atoms with Gasteiger partial charge in [-0.05, 0) is 68.0 Å². The normalized spacial score (nSPS) is 11.6. The largest absolute Gasteiger partial charge is 0.497 e. The van der Waals surface area contributed by atoms with Gasteiger partial charge in [0.2, 0.25) is 0 Å². The maximum Gasteiger partial charge on any atom is 0.149 e. The van der Waals surface area contributed by atoms with Crippen LogP contribution in [0.15, 0.2) is 54.6 Å². The summed E-state index contributed by atoms with van der Waals surface area (Å²) in [5.74, 6) is 1.40. The molecule has 0 aliphatic carbocycles. The Morgan fingerprint density at radius 2 is 1.89 bits per heavy atom. The molecule has 0 unspecified atom stereocenters. The van der Waals surface area contributed by atoms with Crippen LogP contribution in [0.1, 0.15) is 22.8 Å². The van der Waals surface area contributed by atoms with Crippen molar-refractivity contribution in [1.29, 1.82) is 5.26 Å². The van der Waals surface area contributed by atoms with Gasteiger partial charge in [-0.1, -0.05) is 12.1 Å². The number of hydrogen-bond donors (Lipinski definition) is 1. The summed E-state index contributed by atoms with van der Waals surface area (Å²) in [5, 5.41) is 9.71. The van der Waals surface area contributed by atoms with Crippen molar-refractivity contribution < 1.29 is 4.74 Å². The third-order valence-electron chi connectivity index (χ3n) is 4.87. The number of benzene rings is 2. The average Bonchev–Trinajstić information content (AvgIpc) is 3.26. The molecule has 0 fully saturated rings. The molecule has 5 heteroatoms. The van der Waals surface area contributed by atoms with Crippen LogP contribution in [0.2, 0.25) is 0 Å². The average molecular weight is 368 g/mol. The second-order valence-corrected chi connectivity index (χ2v) is 6.63. The maximum absolute atomic E-state index is 9.71. The first-order valence-electron chi connectivity index (χ1n) is 9.01. The van der Waals surface area contributed by atoms with Gasteiger partial charge in [-0.2, -0.15) is 5.26 Å². The Labute approximate surface area is 163 Å². The van der Waals surface area contributed by atoms with Crippen molar-refractivity contribution in [3.8, 4) is 17.5 Å². The molecule has 2 heterocycles. The molecule has 2 aromatic heterocycles. The van der Waals surface area contributed by atoms with Crippen LogP contribution in [0.4, 0.5) is 0 Å². The van der Waals surface area contributed by atoms with Crippen LogP contribution in [-0.4, -0.2) is 21.6 Å². The number of aromatic nitrogens is 3. The lowest BCUT2D eigenvalue weighted by molar-refractivity contribution is 0.414. The molecular weight excluding hydrogens is 348 g/mol. The molecule has 2 aromatic carbocycles. The predicted octanol–water partition coefficient (Wildman–Crippen LogP) is 5.04. The summed E-state index contributed by atoms with van der Waals surface area (Å²) in [6, 6.07) is 20.1. The number of nitrogens with zero attached hydrogens (tertiary/aromatic N) is 3. The molecule has 0 atom stereocenters. The van der Waals surface area contributed by atoms with Crippen molar-refractivity contribution in [1.82, 2.24) is 14.5 Å². The number of ether oxygens (including phenoxy) is 1. The van der Waals surface area contributed by atoms with E-state index in [0.717, 1.165) is 39.4 Å². The molecule has 0 radical (unpaired) electrons. The summed E-state index contributed by atoms with van der Waals surface area (Å²) in [4.78, 5) is 7.78. The predicted molar refractivity (Wildman–Crippen MR) is 111 cm³/mol. The van der Waals surface area contributed by atoms with Crippen molar-refractivity contribution in [2.45, 2.75) is 13.8 Å². The van der Waals surface area contributed by atoms with Crippen LogP contribution >= 0.6 is 0 Å². The van der Waals surface area contributed by atoms with E-state index in [1.165, 1.54) is 0 Å². The Kier molecular flexibility index (Phi) is 4.46. The molecular formula is C23H20N4O. The van der Waals surface area contributed by atoms with Gasteiger partial charge in [-0.15, -0.1) is 0 Å². The van der Waals surface area contributed by atoms with Crippen LogP contribution in [0.3, 0.4) is 0 Å². The van der Waals surface area contributed by atoms with Crippen molar-refractivity contribution in [2.24, 2.45) is 0 Å². The fraction of sp³-hybridized carbons (Fsp3) is 0.130. The van der Waals surface area contributed by atoms with Crippen molar-refractivity contribution >= 4 is 22.7 Å². The van der Waals surface area contributed by atoms with Crippen molar-refractivity contribution in [2.75, 3.05) is 7.11 Å². The highest BCUT2D eigenvalue weighted by molar-refractivity contribution is 5.90. The molecule has 0 amide bonds. The number of fused-ring (bicyclic) bond motifs is 1. The molecule has 4 rings (SSSR count). The van der Waals surface area contributed by atoms with Gasteiger partial charge in [-0.3, -0.25) is 0 Å². The number of aromatic amines is 1. The summed E-state index contributed by atoms with van der Waals surface area (Å²) >= 11 is 0. The molecule has 28 heavy (non-hydrogen) atoms. The molecule has 0 spiro atoms. The SMILES string of the molecule is COc1ccc(-n2c(C)cc(/C=C(/C#N)c3nc4ccccc4[nH]3)c2C)cc1. The van der Waals surface area contributed by atoms with Gasteiger partial charge in [-0.25, -0.2) is 4.98 Å². The molecule has 4 aromatic rings. The highest BCUT2D eigenvalue weighted by Gasteiger charge is 2.13. The van der Waals surface area contributed by atoms with Gasteiger partial charge in [0.25, 0.3) is 0 Å². The lowest BCUT2D eigenvalue weighted by Gasteiger charge is -2.10. The smallest absolute Gasteiger partial charge is 0.149 e. The fourth-order valence-electron chi connectivity index (χ4n) is 3.45. The Balaban J connectivity index is 1.77. The van der Waals surface area contributed by atoms with E-state index in [-0.39, 0.29) is 0 Å². The van der Waals surface area contributed by atoms with Gasteiger partial charge in [0, 0.05) is 17.1 Å². The topological polar surface area (TPSA) is 66.6 Å². The van der Waals surface area contributed by atoms with Crippen LogP contribution in [0, 0.1) is 25.2 Å². The van der Waals surface area contributed by atoms with E-state index in [1.807, 2.05) is 54.6 Å². The molecule has 1 N–H and O–H groups in total. The van der Waals surface area contributed by atoms with E-state index in [4.69, 9.17) is 4.74 Å². The number of para-hydroxylation sites is 2. The molecule has 0 saturated heterocycles. The number of hydrogen-bond acceptors (Lipinski definition) is 3. The standard InChI is InChI=1S/C23H20N4O/c1-15-12-17(16(2)27(15)19-8-10-20(28-3)11-9-19)13-18(14-24)23-25-21-6-4-5-7-22(21)26-23/h4-13H,1-3H3,(H,25,26)/b18-13-. The Bertz CT molecular complexity index is 1190. The minimum Gasteiger partial charge on any atom is -0.497 e. The first-order chi connectivity index (χ1) is 13.6. The number of aryl methyl sites for hydroxylation is 1. The second-order valence-electron chi connectivity index (χ2n) is 6.63. The number of imidazole rings is 1. The van der Waals surface area contributed by atoms with E-state index in [1.54, 1.807) is 7.11 Å². The van der Waals surface area contributed by atoms with Gasteiger partial charge < -0.3 is 14.3 Å². The van der Waals surface area contributed by atoms with Gasteiger partial charge in [0.15, 0.2) is 0 Å². The van der Waals surface area contributed by atoms with E-state index in [2.05, 4.69) is 40.5 Å². The third kappa shape index (κ3) is 3.06. The number of nitrogens with one attached hydrogen (secondary N) is 1. The zero-order valence-electron chi connectivity index (χ0n) is 16.0. The van der Waals surface area contributed by atoms with Crippen LogP contribution in [0.5, 0.6) is 5.75 Å². The maximum atomic E-state index is 9.71. The quantitative estimate of drug-likeness (QED) is 0.513. The Morgan fingerprint density at radius 1 is 1.14 bits per heavy atom. The first-order valence-corrected chi connectivity index (χ1v) is 9.01. The van der Waals surface area contributed by atoms with Crippen LogP contribution < -0.4 is 4.74 Å². The van der Waals surface area contributed by atoms with E-state index < -0.39 is 0 Å². The number of allylic oxidation sites excluding steroid dienone is 1. The monoisotopic (exact) mass is 368 g/mol. The highest BCUT2D eigenvalue weighted by atomic mass is 16.5. The summed E-state index contributed by atoms with van der Waals surface area (Å²) < 4.78 is 7.41. The molecule has 0 bridgehead atoms. The van der Waals surface area contributed by atoms with Crippen molar-refractivity contribution in [3.05, 3.63) is 77.4 Å². The van der Waals surface area contributed by atoms with Crippen LogP contribution in [0.25, 0.3) is 28.4 Å². The summed E-state index contributed by atoms with van der Waals surface area (Å²) in [6.07, 6.45) is 1.89. The molecule has 5 nitrogen and oxygen atoms in total. The van der Waals surface area contributed by atoms with Crippen molar-refractivity contribution in [3.63, 3.8) is 0 Å². The first kappa shape index (κ1) is 17.6. The van der Waals surface area contributed by atoms with Gasteiger partial charge in [0.1, 0.15) is 17.6 Å². The Morgan fingerprint density at radius 3 is 2.57 bits per heavy atom. The zero-order valence-corrected chi connectivity index (χ0v) is 16.0. The minimum absolute atomic E-state index is 0.506. The summed E-state index contributed by atoms with van der Waals surface area (Å²) in [5.41, 5.74) is 6.47. The lowest BCUT2D eigenvalue weighted by Crippen LogP contribution is -1.99. The third-order valence-corrected chi connectivity index (χ3v) is 4.87. The molecule has 0 aliphatic heterocycles. The van der Waals surface area contributed by atoms with E-state index in [9.17, 15) is 5.26 Å². The number of methoxy groups -OCH3 is 1.